The summed E-state index contributed by atoms with van der Waals surface area (Å²) in [7, 11) is 2.11. The number of anilines is 1. The molecule has 0 radical (unpaired) electrons. The highest BCUT2D eigenvalue weighted by molar-refractivity contribution is 7.15. The van der Waals surface area contributed by atoms with E-state index in [1.807, 2.05) is 6.20 Å². The number of nitrogens with zero attached hydrogens (tertiary/aromatic N) is 3. The maximum atomic E-state index is 5.58. The van der Waals surface area contributed by atoms with Gasteiger partial charge in [0, 0.05) is 37.8 Å². The highest BCUT2D eigenvalue weighted by Gasteiger charge is 2.13. The zero-order chi connectivity index (χ0) is 11.4. The van der Waals surface area contributed by atoms with Crippen LogP contribution in [0.1, 0.15) is 17.7 Å². The van der Waals surface area contributed by atoms with E-state index in [-0.39, 0.29) is 0 Å². The molecule has 0 aliphatic carbocycles. The Kier molecular flexibility index (Phi) is 4.15. The van der Waals surface area contributed by atoms with E-state index in [1.165, 1.54) is 25.9 Å². The van der Waals surface area contributed by atoms with Gasteiger partial charge in [0.2, 0.25) is 0 Å². The largest absolute Gasteiger partial charge is 0.350 e. The Labute approximate surface area is 101 Å². The Morgan fingerprint density at radius 3 is 2.88 bits per heavy atom. The number of hydrogen-bond donors (Lipinski definition) is 1. The van der Waals surface area contributed by atoms with Crippen LogP contribution in [0.15, 0.2) is 6.20 Å². The van der Waals surface area contributed by atoms with Crippen molar-refractivity contribution < 1.29 is 0 Å². The SMILES string of the molecule is CN(CCN1CCCC1)c1ncc(CN)s1. The molecule has 1 fully saturated rings. The lowest BCUT2D eigenvalue weighted by atomic mass is 10.4. The van der Waals surface area contributed by atoms with Crippen molar-refractivity contribution in [2.45, 2.75) is 19.4 Å². The second-order valence-corrected chi connectivity index (χ2v) is 5.38. The smallest absolute Gasteiger partial charge is 0.185 e. The van der Waals surface area contributed by atoms with Crippen molar-refractivity contribution in [3.05, 3.63) is 11.1 Å². The van der Waals surface area contributed by atoms with Crippen LogP contribution in [0.5, 0.6) is 0 Å². The van der Waals surface area contributed by atoms with Crippen molar-refractivity contribution in [2.75, 3.05) is 38.1 Å². The second kappa shape index (κ2) is 5.61. The molecular formula is C11H20N4S. The monoisotopic (exact) mass is 240 g/mol. The minimum absolute atomic E-state index is 0.595. The molecule has 0 spiro atoms. The summed E-state index contributed by atoms with van der Waals surface area (Å²) < 4.78 is 0. The van der Waals surface area contributed by atoms with Gasteiger partial charge in [0.25, 0.3) is 0 Å². The standard InChI is InChI=1S/C11H20N4S/c1-14(6-7-15-4-2-3-5-15)11-13-9-10(8-12)16-11/h9H,2-8,12H2,1H3. The molecule has 1 aromatic heterocycles. The van der Waals surface area contributed by atoms with E-state index in [1.54, 1.807) is 11.3 Å². The molecule has 1 aromatic rings. The quantitative estimate of drug-likeness (QED) is 0.838. The van der Waals surface area contributed by atoms with Crippen LogP contribution in [0.2, 0.25) is 0 Å². The molecule has 90 valence electrons. The Balaban J connectivity index is 1.80. The van der Waals surface area contributed by atoms with Crippen LogP contribution in [0, 0.1) is 0 Å². The van der Waals surface area contributed by atoms with Gasteiger partial charge in [0.05, 0.1) is 0 Å². The van der Waals surface area contributed by atoms with Crippen LogP contribution in [0.3, 0.4) is 0 Å². The average molecular weight is 240 g/mol. The number of thiazole rings is 1. The predicted molar refractivity (Wildman–Crippen MR) is 68.9 cm³/mol. The van der Waals surface area contributed by atoms with E-state index >= 15 is 0 Å². The minimum Gasteiger partial charge on any atom is -0.350 e. The lowest BCUT2D eigenvalue weighted by molar-refractivity contribution is 0.346. The van der Waals surface area contributed by atoms with E-state index in [4.69, 9.17) is 5.73 Å². The van der Waals surface area contributed by atoms with Crippen molar-refractivity contribution in [3.63, 3.8) is 0 Å². The molecule has 5 heteroatoms. The summed E-state index contributed by atoms with van der Waals surface area (Å²) in [4.78, 5) is 10.3. The first kappa shape index (κ1) is 11.8. The molecule has 2 rings (SSSR count). The zero-order valence-corrected chi connectivity index (χ0v) is 10.7. The first-order valence-corrected chi connectivity index (χ1v) is 6.69. The van der Waals surface area contributed by atoms with E-state index in [0.717, 1.165) is 23.1 Å². The van der Waals surface area contributed by atoms with Crippen molar-refractivity contribution in [3.8, 4) is 0 Å². The van der Waals surface area contributed by atoms with Crippen molar-refractivity contribution in [2.24, 2.45) is 5.73 Å². The van der Waals surface area contributed by atoms with Crippen LogP contribution in [0.4, 0.5) is 5.13 Å². The van der Waals surface area contributed by atoms with Gasteiger partial charge in [-0.1, -0.05) is 0 Å². The molecule has 0 saturated carbocycles. The van der Waals surface area contributed by atoms with Crippen molar-refractivity contribution >= 4 is 16.5 Å². The Morgan fingerprint density at radius 2 is 2.25 bits per heavy atom. The molecule has 1 aliphatic heterocycles. The fraction of sp³-hybridized carbons (Fsp3) is 0.727. The number of nitrogens with two attached hydrogens (primary N) is 1. The second-order valence-electron chi connectivity index (χ2n) is 4.28. The maximum absolute atomic E-state index is 5.58. The number of likely N-dealkylation sites (N-methyl/N-ethyl adjacent to an activating group) is 1. The first-order chi connectivity index (χ1) is 7.79. The Bertz CT molecular complexity index is 320. The molecule has 1 saturated heterocycles. The van der Waals surface area contributed by atoms with E-state index < -0.39 is 0 Å². The van der Waals surface area contributed by atoms with Gasteiger partial charge in [-0.15, -0.1) is 11.3 Å². The molecule has 4 nitrogen and oxygen atoms in total. The van der Waals surface area contributed by atoms with Gasteiger partial charge in [-0.3, -0.25) is 0 Å². The molecule has 2 N–H and O–H groups in total. The molecule has 0 amide bonds. The fourth-order valence-electron chi connectivity index (χ4n) is 1.96. The first-order valence-electron chi connectivity index (χ1n) is 5.88. The normalized spacial score (nSPS) is 16.9. The summed E-state index contributed by atoms with van der Waals surface area (Å²) in [5.74, 6) is 0. The lowest BCUT2D eigenvalue weighted by Gasteiger charge is -2.20. The molecule has 2 heterocycles. The summed E-state index contributed by atoms with van der Waals surface area (Å²) in [6.07, 6.45) is 4.60. The van der Waals surface area contributed by atoms with E-state index in [0.29, 0.717) is 6.54 Å². The molecule has 0 atom stereocenters. The highest BCUT2D eigenvalue weighted by atomic mass is 32.1. The topological polar surface area (TPSA) is 45.4 Å². The minimum atomic E-state index is 0.595. The number of aromatic nitrogens is 1. The summed E-state index contributed by atoms with van der Waals surface area (Å²) in [6.45, 7) is 5.32. The fourth-order valence-corrected chi connectivity index (χ4v) is 2.74. The summed E-state index contributed by atoms with van der Waals surface area (Å²) in [5.41, 5.74) is 5.58. The van der Waals surface area contributed by atoms with E-state index in [9.17, 15) is 0 Å². The molecule has 0 bridgehead atoms. The van der Waals surface area contributed by atoms with Gasteiger partial charge in [0.1, 0.15) is 0 Å². The summed E-state index contributed by atoms with van der Waals surface area (Å²) in [6, 6.07) is 0. The molecule has 0 aromatic carbocycles. The van der Waals surface area contributed by atoms with Gasteiger partial charge in [-0.2, -0.15) is 0 Å². The van der Waals surface area contributed by atoms with Gasteiger partial charge >= 0.3 is 0 Å². The van der Waals surface area contributed by atoms with Crippen LogP contribution < -0.4 is 10.6 Å². The Morgan fingerprint density at radius 1 is 1.50 bits per heavy atom. The molecule has 0 unspecified atom stereocenters. The molecule has 1 aliphatic rings. The highest BCUT2D eigenvalue weighted by Crippen LogP contribution is 2.20. The van der Waals surface area contributed by atoms with Crippen LogP contribution >= 0.6 is 11.3 Å². The third-order valence-corrected chi connectivity index (χ3v) is 4.15. The number of rotatable bonds is 5. The van der Waals surface area contributed by atoms with Gasteiger partial charge in [-0.05, 0) is 25.9 Å². The zero-order valence-electron chi connectivity index (χ0n) is 9.85. The maximum Gasteiger partial charge on any atom is 0.185 e. The van der Waals surface area contributed by atoms with Crippen molar-refractivity contribution in [1.82, 2.24) is 9.88 Å². The third-order valence-electron chi connectivity index (χ3n) is 3.02. The van der Waals surface area contributed by atoms with E-state index in [2.05, 4.69) is 21.8 Å². The third kappa shape index (κ3) is 2.93. The van der Waals surface area contributed by atoms with Crippen LogP contribution in [-0.4, -0.2) is 43.1 Å². The van der Waals surface area contributed by atoms with Gasteiger partial charge < -0.3 is 15.5 Å². The summed E-state index contributed by atoms with van der Waals surface area (Å²) in [5, 5.41) is 1.08. The van der Waals surface area contributed by atoms with Crippen LogP contribution in [-0.2, 0) is 6.54 Å². The average Bonchev–Trinajstić information content (AvgIpc) is 2.96. The Hall–Kier alpha value is -0.650. The summed E-state index contributed by atoms with van der Waals surface area (Å²) >= 11 is 1.69. The number of likely N-dealkylation sites (tertiary alicyclic amines) is 1. The van der Waals surface area contributed by atoms with Crippen molar-refractivity contribution in [1.29, 1.82) is 0 Å². The number of hydrogen-bond acceptors (Lipinski definition) is 5. The predicted octanol–water partition coefficient (Wildman–Crippen LogP) is 1.13. The van der Waals surface area contributed by atoms with Crippen LogP contribution in [0.25, 0.3) is 0 Å². The van der Waals surface area contributed by atoms with Gasteiger partial charge in [0.15, 0.2) is 5.13 Å². The lowest BCUT2D eigenvalue weighted by Crippen LogP contribution is -2.31. The molecule has 16 heavy (non-hydrogen) atoms. The van der Waals surface area contributed by atoms with Gasteiger partial charge in [-0.25, -0.2) is 4.98 Å². The molecular weight excluding hydrogens is 220 g/mol.